The molecule has 4 N–H and O–H groups in total. The van der Waals surface area contributed by atoms with Crippen LogP contribution in [0.2, 0.25) is 0 Å². The lowest BCUT2D eigenvalue weighted by molar-refractivity contribution is 0.389. The van der Waals surface area contributed by atoms with Gasteiger partial charge < -0.3 is 20.4 Å². The Morgan fingerprint density at radius 1 is 0.385 bits per heavy atom. The van der Waals surface area contributed by atoms with Gasteiger partial charge in [-0.05, 0) is 74.2 Å². The van der Waals surface area contributed by atoms with Crippen LogP contribution in [0.4, 0.5) is 17.6 Å². The molecule has 2 saturated carbocycles. The maximum absolute atomic E-state index is 13.4. The summed E-state index contributed by atoms with van der Waals surface area (Å²) >= 11 is 0. The molecule has 4 aromatic rings. The van der Waals surface area contributed by atoms with Crippen molar-refractivity contribution in [2.45, 2.75) is 75.5 Å². The molecule has 0 amide bonds. The second-order valence-corrected chi connectivity index (χ2v) is 12.7. The van der Waals surface area contributed by atoms with Crippen molar-refractivity contribution in [1.82, 2.24) is 0 Å². The molecule has 0 saturated heterocycles. The lowest BCUT2D eigenvalue weighted by atomic mass is 9.91. The van der Waals surface area contributed by atoms with Gasteiger partial charge in [0.15, 0.2) is 46.3 Å². The number of aromatic hydroxyl groups is 4. The molecule has 0 radical (unpaired) electrons. The van der Waals surface area contributed by atoms with E-state index < -0.39 is 46.3 Å². The number of nitrogens with zero attached hydrogens (tertiary/aromatic N) is 4. The Hall–Kier alpha value is -5.52. The van der Waals surface area contributed by atoms with Gasteiger partial charge in [0.05, 0.1) is 24.2 Å². The van der Waals surface area contributed by atoms with E-state index in [4.69, 9.17) is 0 Å². The van der Waals surface area contributed by atoms with Crippen LogP contribution in [0.1, 0.15) is 73.6 Å². The largest absolute Gasteiger partial charge is 0.504 e. The molecule has 0 bridgehead atoms. The van der Waals surface area contributed by atoms with Gasteiger partial charge in [-0.2, -0.15) is 0 Å². The first-order valence-corrected chi connectivity index (χ1v) is 17.1. The Labute approximate surface area is 299 Å². The van der Waals surface area contributed by atoms with Gasteiger partial charge in [-0.25, -0.2) is 17.6 Å². The highest BCUT2D eigenvalue weighted by atomic mass is 19.1. The number of hydrogen-bond acceptors (Lipinski definition) is 8. The maximum atomic E-state index is 13.4. The minimum atomic E-state index is -0.686. The lowest BCUT2D eigenvalue weighted by Gasteiger charge is -2.25. The fourth-order valence-electron chi connectivity index (χ4n) is 6.13. The second kappa shape index (κ2) is 18.1. The third-order valence-corrected chi connectivity index (χ3v) is 9.08. The Kier molecular flexibility index (Phi) is 13.1. The van der Waals surface area contributed by atoms with Gasteiger partial charge in [0.2, 0.25) is 0 Å². The summed E-state index contributed by atoms with van der Waals surface area (Å²) < 4.78 is 53.6. The topological polar surface area (TPSA) is 130 Å². The highest BCUT2D eigenvalue weighted by Crippen LogP contribution is 2.28. The molecule has 12 heteroatoms. The van der Waals surface area contributed by atoms with Gasteiger partial charge in [-0.3, -0.25) is 20.0 Å². The van der Waals surface area contributed by atoms with Crippen molar-refractivity contribution in [2.24, 2.45) is 20.0 Å². The number of rotatable bonds is 8. The van der Waals surface area contributed by atoms with E-state index in [2.05, 4.69) is 20.0 Å². The summed E-state index contributed by atoms with van der Waals surface area (Å²) in [6.07, 6.45) is 13.2. The first-order chi connectivity index (χ1) is 25.1. The molecular formula is C40H40F4N4O4. The third-order valence-electron chi connectivity index (χ3n) is 9.08. The van der Waals surface area contributed by atoms with E-state index in [-0.39, 0.29) is 24.2 Å². The molecule has 0 aromatic heterocycles. The number of aliphatic imine (C=N–C) groups is 4. The Morgan fingerprint density at radius 2 is 0.596 bits per heavy atom. The van der Waals surface area contributed by atoms with E-state index >= 15 is 0 Å². The molecule has 6 rings (SSSR count). The monoisotopic (exact) mass is 716 g/mol. The quantitative estimate of drug-likeness (QED) is 0.108. The van der Waals surface area contributed by atoms with Crippen LogP contribution < -0.4 is 0 Å². The average molecular weight is 717 g/mol. The van der Waals surface area contributed by atoms with E-state index in [1.54, 1.807) is 24.3 Å². The van der Waals surface area contributed by atoms with Crippen LogP contribution >= 0.6 is 0 Å². The minimum absolute atomic E-state index is 0.113. The summed E-state index contributed by atoms with van der Waals surface area (Å²) in [5.74, 6) is -4.42. The van der Waals surface area contributed by atoms with Crippen molar-refractivity contribution >= 4 is 24.9 Å². The lowest BCUT2D eigenvalue weighted by Crippen LogP contribution is -2.27. The predicted molar refractivity (Wildman–Crippen MR) is 195 cm³/mol. The average Bonchev–Trinajstić information content (AvgIpc) is 3.15. The molecule has 2 aliphatic carbocycles. The van der Waals surface area contributed by atoms with Gasteiger partial charge in [-0.15, -0.1) is 0 Å². The van der Waals surface area contributed by atoms with Crippen LogP contribution in [-0.2, 0) is 0 Å². The van der Waals surface area contributed by atoms with Crippen molar-refractivity contribution in [2.75, 3.05) is 0 Å². The Morgan fingerprint density at radius 3 is 0.808 bits per heavy atom. The van der Waals surface area contributed by atoms with Crippen LogP contribution in [0.5, 0.6) is 23.0 Å². The molecule has 0 spiro atoms. The summed E-state index contributed by atoms with van der Waals surface area (Å²) in [4.78, 5) is 17.9. The highest BCUT2D eigenvalue weighted by Gasteiger charge is 2.25. The van der Waals surface area contributed by atoms with E-state index in [0.717, 1.165) is 51.4 Å². The third kappa shape index (κ3) is 9.83. The van der Waals surface area contributed by atoms with Crippen LogP contribution in [0.25, 0.3) is 0 Å². The molecule has 8 nitrogen and oxygen atoms in total. The fraction of sp³-hybridized carbons (Fsp3) is 0.300. The molecule has 4 atom stereocenters. The van der Waals surface area contributed by atoms with Gasteiger partial charge in [0.25, 0.3) is 0 Å². The maximum Gasteiger partial charge on any atom is 0.165 e. The smallest absolute Gasteiger partial charge is 0.165 e. The van der Waals surface area contributed by atoms with E-state index in [1.807, 2.05) is 0 Å². The molecular weight excluding hydrogens is 676 g/mol. The summed E-state index contributed by atoms with van der Waals surface area (Å²) in [5.41, 5.74) is 1.28. The summed E-state index contributed by atoms with van der Waals surface area (Å²) in [6.45, 7) is 0. The number of benzene rings is 4. The summed E-state index contributed by atoms with van der Waals surface area (Å²) in [6, 6.07) is 16.7. The van der Waals surface area contributed by atoms with Crippen LogP contribution in [0.3, 0.4) is 0 Å². The van der Waals surface area contributed by atoms with E-state index in [0.29, 0.717) is 22.3 Å². The standard InChI is InChI=1S/2C20H20F2N2O2/c2*21-15-7-3-5-13(19(15)25)11-23-17-9-1-2-10-18(17)24-12-14-6-4-8-16(22)20(14)26/h2*3-8,11-12,17-18,25-26H,1-2,9-10H2/t2*17-,18-/m00/s1. The van der Waals surface area contributed by atoms with Gasteiger partial charge in [0.1, 0.15) is 0 Å². The molecule has 272 valence electrons. The van der Waals surface area contributed by atoms with Gasteiger partial charge >= 0.3 is 0 Å². The molecule has 0 unspecified atom stereocenters. The minimum Gasteiger partial charge on any atom is -0.504 e. The number of hydrogen-bond donors (Lipinski definition) is 4. The Bertz CT molecular complexity index is 1670. The van der Waals surface area contributed by atoms with Crippen LogP contribution in [-0.4, -0.2) is 69.5 Å². The first kappa shape index (κ1) is 37.7. The van der Waals surface area contributed by atoms with Gasteiger partial charge in [0, 0.05) is 47.1 Å². The highest BCUT2D eigenvalue weighted by molar-refractivity contribution is 5.85. The molecule has 0 aliphatic heterocycles. The molecule has 2 fully saturated rings. The summed E-state index contributed by atoms with van der Waals surface area (Å²) in [5, 5.41) is 39.0. The van der Waals surface area contributed by atoms with Crippen LogP contribution in [0, 0.1) is 23.3 Å². The van der Waals surface area contributed by atoms with Crippen molar-refractivity contribution in [3.8, 4) is 23.0 Å². The van der Waals surface area contributed by atoms with Crippen molar-refractivity contribution in [3.05, 3.63) is 118 Å². The Balaban J connectivity index is 0.000000201. The molecule has 2 aliphatic rings. The van der Waals surface area contributed by atoms with Crippen LogP contribution in [0.15, 0.2) is 92.8 Å². The predicted octanol–water partition coefficient (Wildman–Crippen LogP) is 8.45. The molecule has 0 heterocycles. The zero-order valence-corrected chi connectivity index (χ0v) is 28.3. The second-order valence-electron chi connectivity index (χ2n) is 12.7. The first-order valence-electron chi connectivity index (χ1n) is 17.1. The number of phenols is 4. The summed E-state index contributed by atoms with van der Waals surface area (Å²) in [7, 11) is 0. The van der Waals surface area contributed by atoms with Gasteiger partial charge in [-0.1, -0.05) is 49.9 Å². The normalized spacial score (nSPS) is 20.8. The fourth-order valence-corrected chi connectivity index (χ4v) is 6.13. The van der Waals surface area contributed by atoms with Crippen molar-refractivity contribution < 1.29 is 38.0 Å². The number of phenolic OH excluding ortho intramolecular Hbond substituents is 4. The zero-order valence-electron chi connectivity index (χ0n) is 28.3. The zero-order chi connectivity index (χ0) is 37.0. The number of halogens is 4. The molecule has 52 heavy (non-hydrogen) atoms. The van der Waals surface area contributed by atoms with Crippen molar-refractivity contribution in [1.29, 1.82) is 0 Å². The number of para-hydroxylation sites is 4. The van der Waals surface area contributed by atoms with E-state index in [1.165, 1.54) is 73.4 Å². The van der Waals surface area contributed by atoms with Crippen molar-refractivity contribution in [3.63, 3.8) is 0 Å². The van der Waals surface area contributed by atoms with E-state index in [9.17, 15) is 38.0 Å². The SMILES string of the molecule is Oc1c(F)cccc1C=N[C@H]1CCCC[C@@H]1N=Cc1cccc(F)c1O.Oc1c(F)cccc1C=N[C@H]1CCCC[C@@H]1N=Cc1cccc(F)c1O. The molecule has 4 aromatic carbocycles.